The van der Waals surface area contributed by atoms with Gasteiger partial charge in [0.15, 0.2) is 0 Å². The molecule has 1 N–H and O–H groups in total. The standard InChI is InChI=1S/C15H29NO2/c1-12(2)15-11-13(7-9-18-15)16-8-10-17-14-5-3-4-6-14/h12-16H,3-11H2,1-2H3. The van der Waals surface area contributed by atoms with E-state index in [4.69, 9.17) is 9.47 Å². The van der Waals surface area contributed by atoms with Gasteiger partial charge in [-0.3, -0.25) is 0 Å². The average Bonchev–Trinajstić information content (AvgIpc) is 2.88. The number of ether oxygens (including phenoxy) is 2. The van der Waals surface area contributed by atoms with Gasteiger partial charge < -0.3 is 14.8 Å². The van der Waals surface area contributed by atoms with Gasteiger partial charge in [0, 0.05) is 19.2 Å². The maximum absolute atomic E-state index is 5.87. The molecule has 1 aliphatic heterocycles. The van der Waals surface area contributed by atoms with E-state index in [2.05, 4.69) is 19.2 Å². The summed E-state index contributed by atoms with van der Waals surface area (Å²) in [6, 6.07) is 0.623. The van der Waals surface area contributed by atoms with Crippen molar-refractivity contribution in [3.63, 3.8) is 0 Å². The summed E-state index contributed by atoms with van der Waals surface area (Å²) >= 11 is 0. The van der Waals surface area contributed by atoms with Crippen molar-refractivity contribution in [1.82, 2.24) is 5.32 Å². The van der Waals surface area contributed by atoms with Crippen molar-refractivity contribution in [1.29, 1.82) is 0 Å². The summed E-state index contributed by atoms with van der Waals surface area (Å²) in [5, 5.41) is 3.63. The topological polar surface area (TPSA) is 30.5 Å². The molecule has 2 atom stereocenters. The third kappa shape index (κ3) is 4.52. The molecule has 0 aromatic heterocycles. The molecule has 0 radical (unpaired) electrons. The first-order chi connectivity index (χ1) is 8.75. The van der Waals surface area contributed by atoms with E-state index in [1.54, 1.807) is 0 Å². The third-order valence-corrected chi connectivity index (χ3v) is 4.25. The highest BCUT2D eigenvalue weighted by molar-refractivity contribution is 4.78. The van der Waals surface area contributed by atoms with Gasteiger partial charge in [-0.2, -0.15) is 0 Å². The van der Waals surface area contributed by atoms with Crippen molar-refractivity contribution in [3.8, 4) is 0 Å². The van der Waals surface area contributed by atoms with Crippen LogP contribution in [0.5, 0.6) is 0 Å². The van der Waals surface area contributed by atoms with Gasteiger partial charge in [-0.05, 0) is 31.6 Å². The Morgan fingerprint density at radius 3 is 2.72 bits per heavy atom. The zero-order chi connectivity index (χ0) is 12.8. The van der Waals surface area contributed by atoms with Gasteiger partial charge in [-0.25, -0.2) is 0 Å². The number of hydrogen-bond donors (Lipinski definition) is 1. The first kappa shape index (κ1) is 14.3. The zero-order valence-electron chi connectivity index (χ0n) is 12.0. The molecule has 0 bridgehead atoms. The molecule has 0 aromatic carbocycles. The number of rotatable bonds is 6. The Hall–Kier alpha value is -0.120. The van der Waals surface area contributed by atoms with Crippen LogP contribution in [0.1, 0.15) is 52.4 Å². The molecule has 3 heteroatoms. The maximum Gasteiger partial charge on any atom is 0.0612 e. The molecule has 3 nitrogen and oxygen atoms in total. The van der Waals surface area contributed by atoms with Gasteiger partial charge in [-0.1, -0.05) is 26.7 Å². The Morgan fingerprint density at radius 1 is 1.22 bits per heavy atom. The molecule has 18 heavy (non-hydrogen) atoms. The fourth-order valence-corrected chi connectivity index (χ4v) is 3.02. The molecular weight excluding hydrogens is 226 g/mol. The summed E-state index contributed by atoms with van der Waals surface area (Å²) in [5.41, 5.74) is 0. The van der Waals surface area contributed by atoms with Crippen molar-refractivity contribution in [2.24, 2.45) is 5.92 Å². The molecule has 2 fully saturated rings. The Labute approximate surface area is 112 Å². The van der Waals surface area contributed by atoms with E-state index in [9.17, 15) is 0 Å². The lowest BCUT2D eigenvalue weighted by atomic mass is 9.95. The predicted octanol–water partition coefficient (Wildman–Crippen LogP) is 2.74. The molecule has 1 saturated carbocycles. The highest BCUT2D eigenvalue weighted by atomic mass is 16.5. The average molecular weight is 255 g/mol. The van der Waals surface area contributed by atoms with E-state index in [0.717, 1.165) is 32.6 Å². The molecule has 0 aromatic rings. The first-order valence-corrected chi connectivity index (χ1v) is 7.72. The van der Waals surface area contributed by atoms with Gasteiger partial charge in [0.1, 0.15) is 0 Å². The van der Waals surface area contributed by atoms with Crippen LogP contribution in [0.2, 0.25) is 0 Å². The minimum atomic E-state index is 0.437. The largest absolute Gasteiger partial charge is 0.378 e. The van der Waals surface area contributed by atoms with Gasteiger partial charge in [0.25, 0.3) is 0 Å². The smallest absolute Gasteiger partial charge is 0.0612 e. The van der Waals surface area contributed by atoms with Gasteiger partial charge in [0.05, 0.1) is 18.8 Å². The molecule has 1 saturated heterocycles. The molecule has 0 spiro atoms. The van der Waals surface area contributed by atoms with Gasteiger partial charge >= 0.3 is 0 Å². The van der Waals surface area contributed by atoms with E-state index in [1.165, 1.54) is 25.7 Å². The second kappa shape index (κ2) is 7.46. The van der Waals surface area contributed by atoms with Gasteiger partial charge in [0.2, 0.25) is 0 Å². The summed E-state index contributed by atoms with van der Waals surface area (Å²) in [5.74, 6) is 0.629. The highest BCUT2D eigenvalue weighted by Crippen LogP contribution is 2.21. The van der Waals surface area contributed by atoms with Crippen LogP contribution in [0.25, 0.3) is 0 Å². The molecule has 2 rings (SSSR count). The van der Waals surface area contributed by atoms with Crippen LogP contribution in [0, 0.1) is 5.92 Å². The van der Waals surface area contributed by atoms with E-state index in [-0.39, 0.29) is 0 Å². The van der Waals surface area contributed by atoms with E-state index in [0.29, 0.717) is 24.2 Å². The Bertz CT molecular complexity index is 227. The first-order valence-electron chi connectivity index (χ1n) is 7.72. The third-order valence-electron chi connectivity index (χ3n) is 4.25. The summed E-state index contributed by atoms with van der Waals surface area (Å²) in [7, 11) is 0. The predicted molar refractivity (Wildman–Crippen MR) is 73.8 cm³/mol. The summed E-state index contributed by atoms with van der Waals surface area (Å²) in [6.07, 6.45) is 8.53. The van der Waals surface area contributed by atoms with Crippen LogP contribution in [0.3, 0.4) is 0 Å². The second-order valence-corrected chi connectivity index (χ2v) is 6.11. The molecule has 106 valence electrons. The number of hydrogen-bond acceptors (Lipinski definition) is 3. The van der Waals surface area contributed by atoms with Gasteiger partial charge in [-0.15, -0.1) is 0 Å². The van der Waals surface area contributed by atoms with Crippen molar-refractivity contribution in [2.45, 2.75) is 70.6 Å². The van der Waals surface area contributed by atoms with E-state index >= 15 is 0 Å². The van der Waals surface area contributed by atoms with Crippen molar-refractivity contribution in [2.75, 3.05) is 19.8 Å². The minimum absolute atomic E-state index is 0.437. The van der Waals surface area contributed by atoms with Crippen LogP contribution in [0.4, 0.5) is 0 Å². The molecule has 1 heterocycles. The van der Waals surface area contributed by atoms with Crippen LogP contribution >= 0.6 is 0 Å². The lowest BCUT2D eigenvalue weighted by Gasteiger charge is -2.32. The lowest BCUT2D eigenvalue weighted by molar-refractivity contribution is -0.0260. The molecule has 2 aliphatic rings. The molecule has 2 unspecified atom stereocenters. The minimum Gasteiger partial charge on any atom is -0.378 e. The normalized spacial score (nSPS) is 30.2. The van der Waals surface area contributed by atoms with E-state index in [1.807, 2.05) is 0 Å². The van der Waals surface area contributed by atoms with E-state index < -0.39 is 0 Å². The van der Waals surface area contributed by atoms with Crippen molar-refractivity contribution in [3.05, 3.63) is 0 Å². The molecule has 0 amide bonds. The molecule has 1 aliphatic carbocycles. The monoisotopic (exact) mass is 255 g/mol. The van der Waals surface area contributed by atoms with Crippen LogP contribution in [0.15, 0.2) is 0 Å². The maximum atomic E-state index is 5.87. The fraction of sp³-hybridized carbons (Fsp3) is 1.00. The zero-order valence-corrected chi connectivity index (χ0v) is 12.0. The summed E-state index contributed by atoms with van der Waals surface area (Å²) in [6.45, 7) is 7.26. The molecular formula is C15H29NO2. The van der Waals surface area contributed by atoms with Crippen LogP contribution in [-0.2, 0) is 9.47 Å². The van der Waals surface area contributed by atoms with Crippen LogP contribution in [-0.4, -0.2) is 38.0 Å². The quantitative estimate of drug-likeness (QED) is 0.740. The Morgan fingerprint density at radius 2 is 2.00 bits per heavy atom. The fourth-order valence-electron chi connectivity index (χ4n) is 3.02. The summed E-state index contributed by atoms with van der Waals surface area (Å²) < 4.78 is 11.7. The van der Waals surface area contributed by atoms with Crippen molar-refractivity contribution < 1.29 is 9.47 Å². The van der Waals surface area contributed by atoms with Crippen LogP contribution < -0.4 is 5.32 Å². The van der Waals surface area contributed by atoms with Crippen molar-refractivity contribution >= 4 is 0 Å². The Kier molecular flexibility index (Phi) is 5.93. The Balaban J connectivity index is 1.55. The second-order valence-electron chi connectivity index (χ2n) is 6.11. The summed E-state index contributed by atoms with van der Waals surface area (Å²) in [4.78, 5) is 0. The lowest BCUT2D eigenvalue weighted by Crippen LogP contribution is -2.42. The SMILES string of the molecule is CC(C)C1CC(NCCOC2CCCC2)CCO1. The number of nitrogens with one attached hydrogen (secondary N) is 1. The highest BCUT2D eigenvalue weighted by Gasteiger charge is 2.24.